The minimum absolute atomic E-state index is 0.0414. The summed E-state index contributed by atoms with van der Waals surface area (Å²) < 4.78 is 12.7. The van der Waals surface area contributed by atoms with Crippen LogP contribution in [0.1, 0.15) is 16.7 Å². The van der Waals surface area contributed by atoms with Gasteiger partial charge in [0, 0.05) is 5.56 Å². The van der Waals surface area contributed by atoms with Crippen LogP contribution in [0.3, 0.4) is 0 Å². The fourth-order valence-electron chi connectivity index (χ4n) is 5.25. The smallest absolute Gasteiger partial charge is 0.270 e. The number of amides is 2. The molecule has 1 heterocycles. The van der Waals surface area contributed by atoms with Crippen molar-refractivity contribution < 1.29 is 19.1 Å². The summed E-state index contributed by atoms with van der Waals surface area (Å²) in [4.78, 5) is 30.5. The van der Waals surface area contributed by atoms with Gasteiger partial charge in [0.15, 0.2) is 16.6 Å². The first kappa shape index (κ1) is 29.3. The van der Waals surface area contributed by atoms with Crippen molar-refractivity contribution in [1.82, 2.24) is 0 Å². The van der Waals surface area contributed by atoms with Gasteiger partial charge in [-0.2, -0.15) is 0 Å². The van der Waals surface area contributed by atoms with Crippen molar-refractivity contribution in [3.05, 3.63) is 136 Å². The molecule has 0 bridgehead atoms. The number of carbonyl (C=O) groups excluding carboxylic acids is 2. The van der Waals surface area contributed by atoms with Crippen LogP contribution >= 0.6 is 28.1 Å². The van der Waals surface area contributed by atoms with E-state index >= 15 is 0 Å². The average Bonchev–Trinajstić information content (AvgIpc) is 3.04. The number of fused-ring (bicyclic) bond motifs is 1. The van der Waals surface area contributed by atoms with Crippen molar-refractivity contribution >= 4 is 73.3 Å². The first-order valence-corrected chi connectivity index (χ1v) is 15.1. The van der Waals surface area contributed by atoms with Gasteiger partial charge in [-0.05, 0) is 99.4 Å². The molecule has 0 unspecified atom stereocenters. The summed E-state index contributed by atoms with van der Waals surface area (Å²) in [5, 5.41) is 2.35. The minimum Gasteiger partial charge on any atom is -0.493 e. The molecule has 0 aromatic heterocycles. The number of methoxy groups -OCH3 is 1. The van der Waals surface area contributed by atoms with Crippen LogP contribution in [0.5, 0.6) is 11.5 Å². The molecule has 1 fully saturated rings. The molecule has 0 radical (unpaired) electrons. The van der Waals surface area contributed by atoms with Gasteiger partial charge in [0.2, 0.25) is 0 Å². The number of nitrogens with zero attached hydrogens (tertiary/aromatic N) is 2. The lowest BCUT2D eigenvalue weighted by molar-refractivity contribution is -0.120. The highest BCUT2D eigenvalue weighted by molar-refractivity contribution is 9.10. The summed E-state index contributed by atoms with van der Waals surface area (Å²) in [7, 11) is 1.55. The molecule has 0 atom stereocenters. The third-order valence-electron chi connectivity index (χ3n) is 7.48. The van der Waals surface area contributed by atoms with Gasteiger partial charge in [-0.25, -0.2) is 0 Å². The van der Waals surface area contributed by atoms with E-state index in [1.54, 1.807) is 49.6 Å². The maximum atomic E-state index is 13.9. The van der Waals surface area contributed by atoms with Crippen molar-refractivity contribution in [2.75, 3.05) is 16.9 Å². The first-order chi connectivity index (χ1) is 21.4. The lowest BCUT2D eigenvalue weighted by atomic mass is 10.0. The summed E-state index contributed by atoms with van der Waals surface area (Å²) >= 11 is 9.35. The fourth-order valence-corrected chi connectivity index (χ4v) is 6.20. The minimum atomic E-state index is -0.514. The number of rotatable bonds is 7. The van der Waals surface area contributed by atoms with E-state index in [0.717, 1.165) is 21.9 Å². The Balaban J connectivity index is 1.38. The monoisotopic (exact) mass is 662 g/mol. The van der Waals surface area contributed by atoms with Gasteiger partial charge >= 0.3 is 0 Å². The standard InChI is InChI=1S/C36H27BrN2O4S/c1-23-17-18-25-11-9-10-16-28(25)30(23)22-43-33-31(37)20-24(21-32(33)42-2)19-29-34(40)38(26-12-5-3-6-13-26)36(44)39(35(29)41)27-14-7-4-8-15-27/h3-21H,22H2,1-2H3. The van der Waals surface area contributed by atoms with Crippen molar-refractivity contribution in [3.8, 4) is 11.5 Å². The molecular formula is C36H27BrN2O4S. The van der Waals surface area contributed by atoms with E-state index < -0.39 is 11.8 Å². The van der Waals surface area contributed by atoms with Gasteiger partial charge in [-0.3, -0.25) is 19.4 Å². The molecule has 218 valence electrons. The number of carbonyl (C=O) groups is 2. The zero-order valence-corrected chi connectivity index (χ0v) is 26.4. The van der Waals surface area contributed by atoms with Crippen LogP contribution in [0.2, 0.25) is 0 Å². The second-order valence-electron chi connectivity index (χ2n) is 10.2. The predicted molar refractivity (Wildman–Crippen MR) is 182 cm³/mol. The molecule has 1 aliphatic rings. The Morgan fingerprint density at radius 3 is 2.00 bits per heavy atom. The highest BCUT2D eigenvalue weighted by Gasteiger charge is 2.41. The molecule has 1 aliphatic heterocycles. The number of anilines is 2. The lowest BCUT2D eigenvalue weighted by Gasteiger charge is -2.36. The van der Waals surface area contributed by atoms with Gasteiger partial charge in [0.1, 0.15) is 12.2 Å². The number of hydrogen-bond donors (Lipinski definition) is 0. The predicted octanol–water partition coefficient (Wildman–Crippen LogP) is 8.25. The first-order valence-electron chi connectivity index (χ1n) is 13.9. The Labute approximate surface area is 269 Å². The topological polar surface area (TPSA) is 59.1 Å². The molecule has 0 aliphatic carbocycles. The summed E-state index contributed by atoms with van der Waals surface area (Å²) in [5.74, 6) is -0.0584. The number of halogens is 1. The molecule has 2 amide bonds. The van der Waals surface area contributed by atoms with E-state index in [4.69, 9.17) is 21.7 Å². The number of hydrogen-bond acceptors (Lipinski definition) is 5. The Hall–Kier alpha value is -4.79. The number of ether oxygens (including phenoxy) is 2. The second-order valence-corrected chi connectivity index (χ2v) is 11.4. The van der Waals surface area contributed by atoms with E-state index in [-0.39, 0.29) is 10.7 Å². The zero-order valence-electron chi connectivity index (χ0n) is 24.0. The Morgan fingerprint density at radius 2 is 1.39 bits per heavy atom. The van der Waals surface area contributed by atoms with E-state index in [2.05, 4.69) is 47.1 Å². The van der Waals surface area contributed by atoms with E-state index in [1.807, 2.05) is 48.5 Å². The Bertz CT molecular complexity index is 1880. The SMILES string of the molecule is COc1cc(C=C2C(=O)N(c3ccccc3)C(=S)N(c3ccccc3)C2=O)cc(Br)c1OCc1c(C)ccc2ccccc12. The average molecular weight is 664 g/mol. The fraction of sp³-hybridized carbons (Fsp3) is 0.0833. The third-order valence-corrected chi connectivity index (χ3v) is 8.43. The molecule has 6 rings (SSSR count). The summed E-state index contributed by atoms with van der Waals surface area (Å²) in [6.07, 6.45) is 1.56. The maximum Gasteiger partial charge on any atom is 0.270 e. The maximum absolute atomic E-state index is 13.9. The van der Waals surface area contributed by atoms with E-state index in [1.165, 1.54) is 9.80 Å². The highest BCUT2D eigenvalue weighted by Crippen LogP contribution is 2.39. The molecule has 0 saturated carbocycles. The molecule has 6 nitrogen and oxygen atoms in total. The van der Waals surface area contributed by atoms with Gasteiger partial charge in [0.25, 0.3) is 11.8 Å². The second kappa shape index (κ2) is 12.4. The van der Waals surface area contributed by atoms with Crippen LogP contribution in [0.25, 0.3) is 16.8 Å². The van der Waals surface area contributed by atoms with E-state index in [0.29, 0.717) is 39.5 Å². The highest BCUT2D eigenvalue weighted by atomic mass is 79.9. The zero-order chi connectivity index (χ0) is 30.8. The van der Waals surface area contributed by atoms with Gasteiger partial charge in [-0.1, -0.05) is 72.8 Å². The van der Waals surface area contributed by atoms with Crippen LogP contribution in [0, 0.1) is 6.92 Å². The number of benzene rings is 5. The van der Waals surface area contributed by atoms with Crippen LogP contribution < -0.4 is 19.3 Å². The van der Waals surface area contributed by atoms with Crippen LogP contribution in [0.15, 0.2) is 119 Å². The number of para-hydroxylation sites is 2. The van der Waals surface area contributed by atoms with Crippen LogP contribution in [0.4, 0.5) is 11.4 Å². The number of aryl methyl sites for hydroxylation is 1. The normalized spacial score (nSPS) is 13.4. The van der Waals surface area contributed by atoms with Crippen molar-refractivity contribution in [1.29, 1.82) is 0 Å². The van der Waals surface area contributed by atoms with Crippen molar-refractivity contribution in [2.45, 2.75) is 13.5 Å². The summed E-state index contributed by atoms with van der Waals surface area (Å²) in [6.45, 7) is 2.39. The summed E-state index contributed by atoms with van der Waals surface area (Å²) in [5.41, 5.74) is 3.87. The van der Waals surface area contributed by atoms with E-state index in [9.17, 15) is 9.59 Å². The number of thiocarbonyl (C=S) groups is 1. The lowest BCUT2D eigenvalue weighted by Crippen LogP contribution is -2.56. The molecule has 44 heavy (non-hydrogen) atoms. The molecule has 0 spiro atoms. The molecule has 5 aromatic carbocycles. The van der Waals surface area contributed by atoms with Gasteiger partial charge in [0.05, 0.1) is 23.0 Å². The Morgan fingerprint density at radius 1 is 0.795 bits per heavy atom. The molecule has 8 heteroatoms. The van der Waals surface area contributed by atoms with Crippen LogP contribution in [-0.4, -0.2) is 24.0 Å². The van der Waals surface area contributed by atoms with Crippen LogP contribution in [-0.2, 0) is 16.2 Å². The molecule has 1 saturated heterocycles. The van der Waals surface area contributed by atoms with Crippen molar-refractivity contribution in [2.24, 2.45) is 0 Å². The quantitative estimate of drug-likeness (QED) is 0.0998. The van der Waals surface area contributed by atoms with Gasteiger partial charge in [-0.15, -0.1) is 0 Å². The third kappa shape index (κ3) is 5.50. The summed E-state index contributed by atoms with van der Waals surface area (Å²) in [6, 6.07) is 34.0. The van der Waals surface area contributed by atoms with Crippen molar-refractivity contribution in [3.63, 3.8) is 0 Å². The Kier molecular flexibility index (Phi) is 8.28. The molecule has 5 aromatic rings. The molecular weight excluding hydrogens is 636 g/mol. The van der Waals surface area contributed by atoms with Gasteiger partial charge < -0.3 is 9.47 Å². The largest absolute Gasteiger partial charge is 0.493 e. The molecule has 0 N–H and O–H groups in total.